The van der Waals surface area contributed by atoms with Crippen molar-refractivity contribution < 1.29 is 14.0 Å². The lowest BCUT2D eigenvalue weighted by Gasteiger charge is -2.25. The predicted octanol–water partition coefficient (Wildman–Crippen LogP) is 10.4. The van der Waals surface area contributed by atoms with E-state index in [2.05, 4.69) is 129 Å². The molecule has 6 rings (SSSR count). The summed E-state index contributed by atoms with van der Waals surface area (Å²) in [5, 5.41) is 8.97. The molecular weight excluding hydrogens is 677 g/mol. The van der Waals surface area contributed by atoms with Crippen molar-refractivity contribution >= 4 is 51.9 Å². The van der Waals surface area contributed by atoms with E-state index in [1.54, 1.807) is 47.0 Å². The molecule has 50 heavy (non-hydrogen) atoms. The highest BCUT2D eigenvalue weighted by Crippen LogP contribution is 2.49. The van der Waals surface area contributed by atoms with E-state index >= 15 is 0 Å². The third kappa shape index (κ3) is 6.92. The number of rotatable bonds is 12. The molecule has 1 aliphatic carbocycles. The van der Waals surface area contributed by atoms with Crippen molar-refractivity contribution in [3.8, 4) is 11.5 Å². The predicted molar refractivity (Wildman–Crippen MR) is 213 cm³/mol. The van der Waals surface area contributed by atoms with Crippen LogP contribution in [0, 0.1) is 0 Å². The third-order valence-corrected chi connectivity index (χ3v) is 13.0. The van der Waals surface area contributed by atoms with Gasteiger partial charge in [0.1, 0.15) is 31.8 Å². The number of likely N-dealkylation sites (N-methyl/N-ethyl adjacent to an activating group) is 1. The van der Waals surface area contributed by atoms with Crippen LogP contribution in [0.2, 0.25) is 0 Å². The van der Waals surface area contributed by atoms with Gasteiger partial charge in [0, 0.05) is 46.5 Å². The lowest BCUT2D eigenvalue weighted by Crippen LogP contribution is -2.26. The molecule has 0 saturated heterocycles. The topological polar surface area (TPSA) is 50.5 Å². The minimum Gasteiger partial charge on any atom is -0.490 e. The Morgan fingerprint density at radius 1 is 0.900 bits per heavy atom. The SMILES string of the molecule is C=CCOc1ccc2c(c1)C(C)(C)C(/C=C/C1=C(Sc3nnc(SC)s3)C(=C/C=C3/N(C)c4ccc(OCC=C)cc4C3(C)C)/CCC1)=[N+]2C. The number of allylic oxidation sites excluding steroid dienone is 7. The highest BCUT2D eigenvalue weighted by atomic mass is 32.2. The number of nitrogens with zero attached hydrogens (tertiary/aromatic N) is 4. The Bertz CT molecular complexity index is 1980. The van der Waals surface area contributed by atoms with Crippen LogP contribution in [0.3, 0.4) is 0 Å². The van der Waals surface area contributed by atoms with Crippen molar-refractivity contribution in [2.24, 2.45) is 0 Å². The molecule has 0 bridgehead atoms. The maximum atomic E-state index is 5.90. The monoisotopic (exact) mass is 723 g/mol. The Balaban J connectivity index is 1.37. The Hall–Kier alpha value is -3.79. The van der Waals surface area contributed by atoms with E-state index < -0.39 is 0 Å². The van der Waals surface area contributed by atoms with E-state index in [0.29, 0.717) is 13.2 Å². The van der Waals surface area contributed by atoms with Gasteiger partial charge in [0.25, 0.3) is 0 Å². The van der Waals surface area contributed by atoms with Gasteiger partial charge in [-0.1, -0.05) is 86.2 Å². The second-order valence-corrected chi connectivity index (χ2v) is 17.0. The zero-order chi connectivity index (χ0) is 35.6. The summed E-state index contributed by atoms with van der Waals surface area (Å²) in [7, 11) is 4.33. The number of hydrogen-bond acceptors (Lipinski definition) is 8. The van der Waals surface area contributed by atoms with Crippen LogP contribution in [0.25, 0.3) is 0 Å². The van der Waals surface area contributed by atoms with Gasteiger partial charge in [0.05, 0.1) is 5.41 Å². The maximum absolute atomic E-state index is 5.90. The van der Waals surface area contributed by atoms with Crippen LogP contribution < -0.4 is 14.4 Å². The van der Waals surface area contributed by atoms with E-state index in [0.717, 1.165) is 39.4 Å². The Kier molecular flexibility index (Phi) is 10.7. The standard InChI is InChI=1S/C41H47N4O2S3/c1-10-23-46-29-17-19-33-31(25-29)40(3,4)35(44(33)7)21-15-27-13-12-14-28(37(27)49-39-43-42-38(48-9)50-39)16-22-36-41(5,6)32-26-30(47-24-11-2)18-20-34(32)45(36)8/h10-11,15-22,25-26H,1-2,12-14,23-24H2,3-9H3/q+1. The summed E-state index contributed by atoms with van der Waals surface area (Å²) >= 11 is 5.05. The van der Waals surface area contributed by atoms with Crippen LogP contribution in [0.5, 0.6) is 11.5 Å². The van der Waals surface area contributed by atoms with Gasteiger partial charge in [-0.25, -0.2) is 0 Å². The highest BCUT2D eigenvalue weighted by molar-refractivity contribution is 8.05. The number of anilines is 1. The molecule has 260 valence electrons. The first-order valence-electron chi connectivity index (χ1n) is 17.0. The summed E-state index contributed by atoms with van der Waals surface area (Å²) in [4.78, 5) is 3.60. The highest BCUT2D eigenvalue weighted by Gasteiger charge is 2.43. The average molecular weight is 724 g/mol. The number of hydrogen-bond donors (Lipinski definition) is 0. The van der Waals surface area contributed by atoms with Crippen LogP contribution in [0.4, 0.5) is 11.4 Å². The van der Waals surface area contributed by atoms with E-state index in [1.165, 1.54) is 50.0 Å². The summed E-state index contributed by atoms with van der Waals surface area (Å²) in [5.74, 6) is 1.74. The Morgan fingerprint density at radius 2 is 1.58 bits per heavy atom. The van der Waals surface area contributed by atoms with E-state index in [1.807, 2.05) is 12.1 Å². The van der Waals surface area contributed by atoms with Crippen molar-refractivity contribution in [3.05, 3.63) is 119 Å². The quantitative estimate of drug-likeness (QED) is 0.105. The first kappa shape index (κ1) is 36.0. The average Bonchev–Trinajstić information content (AvgIpc) is 3.70. The van der Waals surface area contributed by atoms with Gasteiger partial charge >= 0.3 is 0 Å². The molecule has 0 unspecified atom stereocenters. The molecule has 0 atom stereocenters. The summed E-state index contributed by atoms with van der Waals surface area (Å²) in [6, 6.07) is 12.8. The number of fused-ring (bicyclic) bond motifs is 2. The van der Waals surface area contributed by atoms with Crippen LogP contribution in [-0.4, -0.2) is 54.0 Å². The molecule has 3 aliphatic rings. The molecule has 0 N–H and O–H groups in total. The summed E-state index contributed by atoms with van der Waals surface area (Å²) in [6.07, 6.45) is 18.1. The zero-order valence-corrected chi connectivity index (χ0v) is 32.7. The van der Waals surface area contributed by atoms with Crippen LogP contribution >= 0.6 is 34.9 Å². The van der Waals surface area contributed by atoms with Gasteiger partial charge in [-0.2, -0.15) is 4.58 Å². The summed E-state index contributed by atoms with van der Waals surface area (Å²) in [6.45, 7) is 17.8. The molecule has 0 amide bonds. The molecular formula is C41H47N4O2S3+. The van der Waals surface area contributed by atoms with E-state index in [4.69, 9.17) is 9.47 Å². The molecule has 6 nitrogen and oxygen atoms in total. The number of benzene rings is 2. The molecule has 3 aromatic rings. The maximum Gasteiger partial charge on any atom is 0.209 e. The minimum atomic E-state index is -0.184. The molecule has 9 heteroatoms. The van der Waals surface area contributed by atoms with E-state index in [9.17, 15) is 0 Å². The van der Waals surface area contributed by atoms with Crippen LogP contribution in [-0.2, 0) is 10.8 Å². The van der Waals surface area contributed by atoms with Crippen molar-refractivity contribution in [2.45, 2.75) is 66.5 Å². The molecule has 0 spiro atoms. The zero-order valence-electron chi connectivity index (χ0n) is 30.2. The fourth-order valence-corrected chi connectivity index (χ4v) is 9.92. The third-order valence-electron chi connectivity index (χ3n) is 9.86. The Morgan fingerprint density at radius 3 is 2.26 bits per heavy atom. The molecule has 2 aliphatic heterocycles. The van der Waals surface area contributed by atoms with Gasteiger partial charge in [0.2, 0.25) is 5.69 Å². The lowest BCUT2D eigenvalue weighted by molar-refractivity contribution is -0.401. The fourth-order valence-electron chi connectivity index (χ4n) is 7.24. The molecule has 0 saturated carbocycles. The number of aromatic nitrogens is 2. The summed E-state index contributed by atoms with van der Waals surface area (Å²) < 4.78 is 16.1. The van der Waals surface area contributed by atoms with Gasteiger partial charge in [-0.3, -0.25) is 0 Å². The van der Waals surface area contributed by atoms with Gasteiger partial charge in [0.15, 0.2) is 14.4 Å². The Labute approximate surface area is 310 Å². The van der Waals surface area contributed by atoms with Crippen molar-refractivity contribution in [1.29, 1.82) is 0 Å². The molecule has 1 aromatic heterocycles. The molecule has 0 fully saturated rings. The second-order valence-electron chi connectivity index (χ2n) is 13.7. The molecule has 3 heterocycles. The van der Waals surface area contributed by atoms with Gasteiger partial charge < -0.3 is 14.4 Å². The van der Waals surface area contributed by atoms with Crippen LogP contribution in [0.15, 0.2) is 116 Å². The molecule has 0 radical (unpaired) electrons. The van der Waals surface area contributed by atoms with E-state index in [-0.39, 0.29) is 10.8 Å². The normalized spacial score (nSPS) is 19.5. The van der Waals surface area contributed by atoms with Gasteiger partial charge in [-0.05, 0) is 92.5 Å². The fraction of sp³-hybridized carbons (Fsp3) is 0.341. The number of ether oxygens (including phenoxy) is 2. The lowest BCUT2D eigenvalue weighted by atomic mass is 9.81. The van der Waals surface area contributed by atoms with Gasteiger partial charge in [-0.15, -0.1) is 10.2 Å². The second kappa shape index (κ2) is 14.8. The minimum absolute atomic E-state index is 0.184. The summed E-state index contributed by atoms with van der Waals surface area (Å²) in [5.41, 5.74) is 9.77. The smallest absolute Gasteiger partial charge is 0.209 e. The largest absolute Gasteiger partial charge is 0.490 e. The van der Waals surface area contributed by atoms with Crippen molar-refractivity contribution in [2.75, 3.05) is 38.5 Å². The first-order chi connectivity index (χ1) is 24.0. The molecule has 2 aromatic carbocycles. The van der Waals surface area contributed by atoms with Crippen molar-refractivity contribution in [3.63, 3.8) is 0 Å². The number of thioether (sulfide) groups is 2. The first-order valence-corrected chi connectivity index (χ1v) is 19.8. The van der Waals surface area contributed by atoms with Crippen LogP contribution in [0.1, 0.15) is 58.1 Å². The van der Waals surface area contributed by atoms with Crippen molar-refractivity contribution in [1.82, 2.24) is 10.2 Å².